The zero-order valence-corrected chi connectivity index (χ0v) is 17.1. The van der Waals surface area contributed by atoms with Crippen molar-refractivity contribution in [3.8, 4) is 17.2 Å². The predicted molar refractivity (Wildman–Crippen MR) is 102 cm³/mol. The molecule has 0 amide bonds. The molecule has 0 saturated carbocycles. The maximum atomic E-state index is 12.7. The Balaban J connectivity index is 1.88. The van der Waals surface area contributed by atoms with E-state index in [2.05, 4.69) is 13.8 Å². The molecular weight excluding hydrogens is 376 g/mol. The lowest BCUT2D eigenvalue weighted by Gasteiger charge is -2.43. The van der Waals surface area contributed by atoms with E-state index < -0.39 is 5.41 Å². The van der Waals surface area contributed by atoms with Crippen molar-refractivity contribution >= 4 is 5.78 Å². The summed E-state index contributed by atoms with van der Waals surface area (Å²) in [4.78, 5) is 12.7. The molecule has 1 aliphatic carbocycles. The van der Waals surface area contributed by atoms with Gasteiger partial charge in [-0.05, 0) is 35.6 Å². The van der Waals surface area contributed by atoms with Crippen LogP contribution >= 0.6 is 0 Å². The second kappa shape index (κ2) is 6.16. The fourth-order valence-corrected chi connectivity index (χ4v) is 5.24. The van der Waals surface area contributed by atoms with E-state index in [1.807, 2.05) is 18.2 Å². The molecular formula is C22H24O7. The summed E-state index contributed by atoms with van der Waals surface area (Å²) in [5, 5.41) is 0. The quantitative estimate of drug-likeness (QED) is 0.772. The summed E-state index contributed by atoms with van der Waals surface area (Å²) in [5.74, 6) is 2.45. The first-order valence-corrected chi connectivity index (χ1v) is 9.71. The molecule has 3 aliphatic heterocycles. The van der Waals surface area contributed by atoms with Crippen LogP contribution in [0.5, 0.6) is 17.2 Å². The lowest BCUT2D eigenvalue weighted by atomic mass is 9.67. The van der Waals surface area contributed by atoms with Crippen LogP contribution in [0.2, 0.25) is 0 Å². The molecule has 0 N–H and O–H groups in total. The highest BCUT2D eigenvalue weighted by Gasteiger charge is 2.59. The van der Waals surface area contributed by atoms with Crippen LogP contribution in [0, 0.1) is 11.8 Å². The molecule has 5 rings (SSSR count). The first-order valence-electron chi connectivity index (χ1n) is 9.71. The van der Waals surface area contributed by atoms with E-state index in [1.54, 1.807) is 7.11 Å². The van der Waals surface area contributed by atoms with Crippen molar-refractivity contribution in [3.63, 3.8) is 0 Å². The molecule has 1 aromatic rings. The van der Waals surface area contributed by atoms with E-state index in [0.717, 1.165) is 11.1 Å². The lowest BCUT2D eigenvalue weighted by molar-refractivity contribution is -0.118. The Morgan fingerprint density at radius 3 is 2.31 bits per heavy atom. The molecule has 2 bridgehead atoms. The number of fused-ring (bicyclic) bond motifs is 7. The first-order chi connectivity index (χ1) is 14.0. The minimum absolute atomic E-state index is 0.101. The van der Waals surface area contributed by atoms with Gasteiger partial charge < -0.3 is 28.4 Å². The van der Waals surface area contributed by atoms with Crippen molar-refractivity contribution < 1.29 is 33.2 Å². The summed E-state index contributed by atoms with van der Waals surface area (Å²) in [6, 6.07) is 1.98. The number of carbonyl (C=O) groups is 1. The Hall–Kier alpha value is -2.67. The third-order valence-electron chi connectivity index (χ3n) is 6.77. The molecule has 7 heteroatoms. The fraction of sp³-hybridized carbons (Fsp3) is 0.500. The number of benzene rings is 1. The van der Waals surface area contributed by atoms with Crippen LogP contribution in [0.15, 0.2) is 29.7 Å². The van der Waals surface area contributed by atoms with Crippen molar-refractivity contribution in [2.45, 2.75) is 31.5 Å². The summed E-state index contributed by atoms with van der Waals surface area (Å²) in [6.45, 7) is 4.50. The highest BCUT2D eigenvalue weighted by Crippen LogP contribution is 2.63. The Morgan fingerprint density at radius 1 is 1.00 bits per heavy atom. The molecule has 1 aromatic carbocycles. The molecule has 1 saturated heterocycles. The van der Waals surface area contributed by atoms with E-state index in [0.29, 0.717) is 17.2 Å². The molecule has 0 unspecified atom stereocenters. The number of Topliss-reactive ketones (excluding diaryl/α,β-unsaturated/α-hetero) is 1. The number of ketones is 1. The maximum absolute atomic E-state index is 12.7. The van der Waals surface area contributed by atoms with Gasteiger partial charge in [0.15, 0.2) is 23.0 Å². The molecule has 3 heterocycles. The smallest absolute Gasteiger partial charge is 0.261 e. The SMILES string of the molecule is COC1=CC2(C=C(OC)C1=O)c1c(cc3c(c1OC)OCO3)[C@@H]1O[C@H]2[C@@H](C)[C@H]1C. The van der Waals surface area contributed by atoms with Crippen LogP contribution in [0.25, 0.3) is 0 Å². The summed E-state index contributed by atoms with van der Waals surface area (Å²) in [6.07, 6.45) is 3.37. The number of ether oxygens (including phenoxy) is 6. The second-order valence-corrected chi connectivity index (χ2v) is 7.99. The molecule has 4 atom stereocenters. The van der Waals surface area contributed by atoms with Gasteiger partial charge in [0.05, 0.1) is 39.0 Å². The number of hydrogen-bond donors (Lipinski definition) is 0. The summed E-state index contributed by atoms with van der Waals surface area (Å²) >= 11 is 0. The zero-order chi connectivity index (χ0) is 20.5. The molecule has 154 valence electrons. The third-order valence-corrected chi connectivity index (χ3v) is 6.77. The summed E-state index contributed by atoms with van der Waals surface area (Å²) in [5.41, 5.74) is 1.10. The minimum Gasteiger partial charge on any atom is -0.493 e. The van der Waals surface area contributed by atoms with Crippen LogP contribution in [0.1, 0.15) is 31.1 Å². The van der Waals surface area contributed by atoms with E-state index in [1.165, 1.54) is 14.2 Å². The third kappa shape index (κ3) is 2.19. The molecule has 1 spiro atoms. The van der Waals surface area contributed by atoms with Crippen LogP contribution in [-0.2, 0) is 24.4 Å². The van der Waals surface area contributed by atoms with Crippen molar-refractivity contribution in [1.82, 2.24) is 0 Å². The largest absolute Gasteiger partial charge is 0.493 e. The van der Waals surface area contributed by atoms with Gasteiger partial charge >= 0.3 is 0 Å². The van der Waals surface area contributed by atoms with Gasteiger partial charge in [-0.2, -0.15) is 0 Å². The molecule has 7 nitrogen and oxygen atoms in total. The van der Waals surface area contributed by atoms with Crippen LogP contribution in [0.4, 0.5) is 0 Å². The highest BCUT2D eigenvalue weighted by molar-refractivity contribution is 6.07. The van der Waals surface area contributed by atoms with Crippen LogP contribution in [-0.4, -0.2) is 40.0 Å². The average molecular weight is 400 g/mol. The average Bonchev–Trinajstić information content (AvgIpc) is 3.31. The summed E-state index contributed by atoms with van der Waals surface area (Å²) in [7, 11) is 4.59. The molecule has 4 aliphatic rings. The zero-order valence-electron chi connectivity index (χ0n) is 17.1. The van der Waals surface area contributed by atoms with Crippen molar-refractivity contribution in [1.29, 1.82) is 0 Å². The lowest BCUT2D eigenvalue weighted by Crippen LogP contribution is -2.45. The number of methoxy groups -OCH3 is 3. The predicted octanol–water partition coefficient (Wildman–Crippen LogP) is 3.03. The molecule has 29 heavy (non-hydrogen) atoms. The standard InChI is InChI=1S/C22H24O7/c1-10-11(2)21-22(7-14(24-3)17(23)15(8-22)25-4)16-12(18(10)29-21)6-13-19(20(16)26-5)28-9-27-13/h6-8,10-11,18,21H,9H2,1-5H3/t10-,11+,18-,21+/m1/s1. The number of carbonyl (C=O) groups excluding carboxylic acids is 1. The normalized spacial score (nSPS) is 30.6. The molecule has 0 radical (unpaired) electrons. The van der Waals surface area contributed by atoms with Gasteiger partial charge in [0, 0.05) is 5.56 Å². The Bertz CT molecular complexity index is 936. The van der Waals surface area contributed by atoms with E-state index in [9.17, 15) is 4.79 Å². The Labute approximate surface area is 169 Å². The van der Waals surface area contributed by atoms with E-state index in [-0.39, 0.29) is 48.1 Å². The van der Waals surface area contributed by atoms with Gasteiger partial charge in [0.2, 0.25) is 12.5 Å². The minimum atomic E-state index is -0.799. The molecule has 1 fully saturated rings. The Kier molecular flexibility index (Phi) is 3.90. The first kappa shape index (κ1) is 18.4. The number of rotatable bonds is 3. The van der Waals surface area contributed by atoms with Gasteiger partial charge in [-0.15, -0.1) is 0 Å². The van der Waals surface area contributed by atoms with Gasteiger partial charge in [-0.25, -0.2) is 0 Å². The topological polar surface area (TPSA) is 72.5 Å². The number of hydrogen-bond acceptors (Lipinski definition) is 7. The molecule has 0 aromatic heterocycles. The Morgan fingerprint density at radius 2 is 1.69 bits per heavy atom. The monoisotopic (exact) mass is 400 g/mol. The van der Waals surface area contributed by atoms with Gasteiger partial charge in [0.1, 0.15) is 0 Å². The van der Waals surface area contributed by atoms with Crippen LogP contribution < -0.4 is 14.2 Å². The van der Waals surface area contributed by atoms with Gasteiger partial charge in [-0.1, -0.05) is 13.8 Å². The van der Waals surface area contributed by atoms with Crippen LogP contribution in [0.3, 0.4) is 0 Å². The highest BCUT2D eigenvalue weighted by atomic mass is 16.7. The van der Waals surface area contributed by atoms with Crippen molar-refractivity contribution in [2.75, 3.05) is 28.1 Å². The van der Waals surface area contributed by atoms with Gasteiger partial charge in [-0.3, -0.25) is 4.79 Å². The van der Waals surface area contributed by atoms with Gasteiger partial charge in [0.25, 0.3) is 5.78 Å². The fourth-order valence-electron chi connectivity index (χ4n) is 5.24. The van der Waals surface area contributed by atoms with E-state index >= 15 is 0 Å². The van der Waals surface area contributed by atoms with Crippen molar-refractivity contribution in [3.05, 3.63) is 40.9 Å². The maximum Gasteiger partial charge on any atom is 0.261 e. The van der Waals surface area contributed by atoms with E-state index in [4.69, 9.17) is 28.4 Å². The van der Waals surface area contributed by atoms with Crippen molar-refractivity contribution in [2.24, 2.45) is 11.8 Å². The second-order valence-electron chi connectivity index (χ2n) is 7.99. The summed E-state index contributed by atoms with van der Waals surface area (Å²) < 4.78 is 34.7.